The molecule has 0 unspecified atom stereocenters. The number of terminal acetylenes is 1. The second-order valence-corrected chi connectivity index (χ2v) is 1.87. The summed E-state index contributed by atoms with van der Waals surface area (Å²) in [5.74, 6) is -0.379. The lowest BCUT2D eigenvalue weighted by Crippen LogP contribution is -2.31. The molecule has 0 aliphatic heterocycles. The minimum absolute atomic E-state index is 0.630. The maximum atomic E-state index is 11.4. The van der Waals surface area contributed by atoms with Gasteiger partial charge in [0.1, 0.15) is 12.6 Å². The first kappa shape index (κ1) is 10.8. The van der Waals surface area contributed by atoms with Crippen LogP contribution in [-0.4, -0.2) is 24.8 Å². The largest absolute Gasteiger partial charge is 0.490 e. The van der Waals surface area contributed by atoms with Crippen LogP contribution in [-0.2, 0) is 9.53 Å². The maximum absolute atomic E-state index is 11.4. The summed E-state index contributed by atoms with van der Waals surface area (Å²) < 4.78 is 38.0. The highest BCUT2D eigenvalue weighted by molar-refractivity contribution is 5.75. The van der Waals surface area contributed by atoms with Crippen LogP contribution in [0.3, 0.4) is 0 Å². The zero-order chi connectivity index (χ0) is 9.78. The Kier molecular flexibility index (Phi) is 3.57. The first-order valence-corrected chi connectivity index (χ1v) is 2.83. The van der Waals surface area contributed by atoms with E-state index in [4.69, 9.17) is 12.2 Å². The number of rotatable bonds is 2. The monoisotopic (exact) mass is 181 g/mol. The number of nitrogens with two attached hydrogens (primary N) is 1. The Morgan fingerprint density at radius 1 is 1.67 bits per heavy atom. The number of hydrogen-bond acceptors (Lipinski definition) is 3. The first-order chi connectivity index (χ1) is 5.38. The maximum Gasteiger partial charge on any atom is 0.490 e. The van der Waals surface area contributed by atoms with Gasteiger partial charge < -0.3 is 10.5 Å². The molecule has 0 aromatic heterocycles. The molecule has 0 amide bonds. The van der Waals surface area contributed by atoms with Gasteiger partial charge >= 0.3 is 12.1 Å². The van der Waals surface area contributed by atoms with Gasteiger partial charge in [0.05, 0.1) is 0 Å². The quantitative estimate of drug-likeness (QED) is 0.483. The standard InChI is InChI=1S/C6H6F3NO2/c1-2-4(10)3-12-5(11)6(7,8)9/h1,4H,3,10H2/t4-/m1/s1. The van der Waals surface area contributed by atoms with Crippen molar-refractivity contribution in [2.24, 2.45) is 5.73 Å². The van der Waals surface area contributed by atoms with Gasteiger partial charge in [0.25, 0.3) is 0 Å². The average Bonchev–Trinajstić information content (AvgIpc) is 1.97. The summed E-state index contributed by atoms with van der Waals surface area (Å²) in [4.78, 5) is 10.0. The van der Waals surface area contributed by atoms with Crippen molar-refractivity contribution in [1.82, 2.24) is 0 Å². The molecule has 0 fully saturated rings. The Morgan fingerprint density at radius 3 is 2.50 bits per heavy atom. The Hall–Kier alpha value is -1.22. The van der Waals surface area contributed by atoms with Crippen LogP contribution < -0.4 is 5.73 Å². The van der Waals surface area contributed by atoms with E-state index in [0.29, 0.717) is 0 Å². The molecule has 0 rings (SSSR count). The Bertz CT molecular complexity index is 206. The van der Waals surface area contributed by atoms with Gasteiger partial charge in [-0.2, -0.15) is 13.2 Å². The van der Waals surface area contributed by atoms with Crippen LogP contribution in [0.25, 0.3) is 0 Å². The summed E-state index contributed by atoms with van der Waals surface area (Å²) in [6.07, 6.45) is -0.272. The van der Waals surface area contributed by atoms with E-state index in [1.54, 1.807) is 0 Å². The minimum Gasteiger partial charge on any atom is -0.456 e. The lowest BCUT2D eigenvalue weighted by atomic mass is 10.4. The number of hydrogen-bond donors (Lipinski definition) is 1. The van der Waals surface area contributed by atoms with E-state index in [2.05, 4.69) is 4.74 Å². The fourth-order valence-electron chi connectivity index (χ4n) is 0.295. The molecule has 0 radical (unpaired) electrons. The van der Waals surface area contributed by atoms with Gasteiger partial charge in [-0.05, 0) is 0 Å². The zero-order valence-corrected chi connectivity index (χ0v) is 5.89. The molecule has 3 nitrogen and oxygen atoms in total. The van der Waals surface area contributed by atoms with Gasteiger partial charge in [-0.3, -0.25) is 0 Å². The van der Waals surface area contributed by atoms with Gasteiger partial charge in [0.2, 0.25) is 0 Å². The van der Waals surface area contributed by atoms with Crippen molar-refractivity contribution in [2.75, 3.05) is 6.61 Å². The fraction of sp³-hybridized carbons (Fsp3) is 0.500. The highest BCUT2D eigenvalue weighted by Crippen LogP contribution is 2.16. The van der Waals surface area contributed by atoms with E-state index in [1.165, 1.54) is 0 Å². The SMILES string of the molecule is C#C[C@@H](N)COC(=O)C(F)(F)F. The van der Waals surface area contributed by atoms with Gasteiger partial charge in [-0.1, -0.05) is 5.92 Å². The van der Waals surface area contributed by atoms with Crippen LogP contribution in [0.1, 0.15) is 0 Å². The molecule has 2 N–H and O–H groups in total. The molecule has 0 aromatic carbocycles. The lowest BCUT2D eigenvalue weighted by Gasteiger charge is -2.08. The number of alkyl halides is 3. The Balaban J connectivity index is 3.82. The highest BCUT2D eigenvalue weighted by Gasteiger charge is 2.40. The van der Waals surface area contributed by atoms with E-state index >= 15 is 0 Å². The molecule has 0 spiro atoms. The molecule has 0 aliphatic rings. The molecule has 1 atom stereocenters. The van der Waals surface area contributed by atoms with Crippen LogP contribution in [0, 0.1) is 12.3 Å². The van der Waals surface area contributed by atoms with Crippen LogP contribution >= 0.6 is 0 Å². The van der Waals surface area contributed by atoms with E-state index in [1.807, 2.05) is 5.92 Å². The lowest BCUT2D eigenvalue weighted by molar-refractivity contribution is -0.199. The van der Waals surface area contributed by atoms with E-state index in [0.717, 1.165) is 0 Å². The molecule has 12 heavy (non-hydrogen) atoms. The smallest absolute Gasteiger partial charge is 0.456 e. The molecule has 0 saturated carbocycles. The van der Waals surface area contributed by atoms with E-state index in [-0.39, 0.29) is 0 Å². The number of esters is 1. The van der Waals surface area contributed by atoms with Crippen LogP contribution in [0.2, 0.25) is 0 Å². The van der Waals surface area contributed by atoms with Gasteiger partial charge in [-0.15, -0.1) is 6.42 Å². The normalized spacial score (nSPS) is 13.2. The molecule has 0 heterocycles. The number of ether oxygens (including phenoxy) is 1. The zero-order valence-electron chi connectivity index (χ0n) is 5.89. The predicted octanol–water partition coefficient (Wildman–Crippen LogP) is 0.0524. The molecular formula is C6H6F3NO2. The Labute approximate surface area is 66.7 Å². The fourth-order valence-corrected chi connectivity index (χ4v) is 0.295. The third-order valence-electron chi connectivity index (χ3n) is 0.840. The number of carbonyl (C=O) groups is 1. The molecule has 0 bridgehead atoms. The second kappa shape index (κ2) is 3.97. The molecule has 68 valence electrons. The van der Waals surface area contributed by atoms with E-state index in [9.17, 15) is 18.0 Å². The summed E-state index contributed by atoms with van der Waals surface area (Å²) in [5.41, 5.74) is 4.98. The van der Waals surface area contributed by atoms with Crippen LogP contribution in [0.4, 0.5) is 13.2 Å². The molecule has 0 saturated heterocycles. The Morgan fingerprint density at radius 2 is 2.17 bits per heavy atom. The first-order valence-electron chi connectivity index (χ1n) is 2.83. The summed E-state index contributed by atoms with van der Waals surface area (Å²) >= 11 is 0. The van der Waals surface area contributed by atoms with Crippen molar-refractivity contribution in [2.45, 2.75) is 12.2 Å². The molecule has 6 heteroatoms. The van der Waals surface area contributed by atoms with Gasteiger partial charge in [0, 0.05) is 0 Å². The van der Waals surface area contributed by atoms with Crippen molar-refractivity contribution in [1.29, 1.82) is 0 Å². The summed E-state index contributed by atoms with van der Waals surface area (Å²) in [6, 6.07) is -1.00. The van der Waals surface area contributed by atoms with Gasteiger partial charge in [-0.25, -0.2) is 4.79 Å². The molecular weight excluding hydrogens is 175 g/mol. The van der Waals surface area contributed by atoms with Crippen molar-refractivity contribution >= 4 is 5.97 Å². The average molecular weight is 181 g/mol. The molecule has 0 aromatic rings. The van der Waals surface area contributed by atoms with Crippen LogP contribution in [0.15, 0.2) is 0 Å². The summed E-state index contributed by atoms with van der Waals surface area (Å²) in [6.45, 7) is -0.630. The molecule has 0 aliphatic carbocycles. The third kappa shape index (κ3) is 3.83. The third-order valence-corrected chi connectivity index (χ3v) is 0.840. The van der Waals surface area contributed by atoms with Crippen molar-refractivity contribution in [3.8, 4) is 12.3 Å². The topological polar surface area (TPSA) is 52.3 Å². The number of halogens is 3. The van der Waals surface area contributed by atoms with Crippen molar-refractivity contribution < 1.29 is 22.7 Å². The van der Waals surface area contributed by atoms with Crippen LogP contribution in [0.5, 0.6) is 0 Å². The summed E-state index contributed by atoms with van der Waals surface area (Å²) in [5, 5.41) is 0. The second-order valence-electron chi connectivity index (χ2n) is 1.87. The van der Waals surface area contributed by atoms with Gasteiger partial charge in [0.15, 0.2) is 0 Å². The number of carbonyl (C=O) groups excluding carboxylic acids is 1. The minimum atomic E-state index is -4.99. The predicted molar refractivity (Wildman–Crippen MR) is 33.8 cm³/mol. The van der Waals surface area contributed by atoms with Crippen molar-refractivity contribution in [3.63, 3.8) is 0 Å². The van der Waals surface area contributed by atoms with Crippen molar-refractivity contribution in [3.05, 3.63) is 0 Å². The highest BCUT2D eigenvalue weighted by atomic mass is 19.4. The summed E-state index contributed by atoms with van der Waals surface area (Å²) in [7, 11) is 0. The van der Waals surface area contributed by atoms with E-state index < -0.39 is 24.8 Å².